The Kier molecular flexibility index (Phi) is 6.95. The van der Waals surface area contributed by atoms with E-state index in [-0.39, 0.29) is 24.3 Å². The predicted octanol–water partition coefficient (Wildman–Crippen LogP) is 3.19. The smallest absolute Gasteiger partial charge is 0.234 e. The zero-order chi connectivity index (χ0) is 18.2. The van der Waals surface area contributed by atoms with Crippen LogP contribution in [0.15, 0.2) is 48.5 Å². The molecule has 1 N–H and O–H groups in total. The second kappa shape index (κ2) is 9.18. The maximum Gasteiger partial charge on any atom is 0.234 e. The summed E-state index contributed by atoms with van der Waals surface area (Å²) in [7, 11) is 3.52. The second-order valence-electron chi connectivity index (χ2n) is 6.05. The van der Waals surface area contributed by atoms with E-state index in [4.69, 9.17) is 4.74 Å². The first-order valence-corrected chi connectivity index (χ1v) is 8.35. The van der Waals surface area contributed by atoms with Gasteiger partial charge in [0.2, 0.25) is 5.91 Å². The molecule has 134 valence electrons. The van der Waals surface area contributed by atoms with Gasteiger partial charge in [0, 0.05) is 12.6 Å². The molecule has 2 rings (SSSR count). The number of carbonyl (C=O) groups is 1. The number of carbonyl (C=O) groups excluding carboxylic acids is 1. The lowest BCUT2D eigenvalue weighted by Gasteiger charge is -2.24. The molecule has 5 heteroatoms. The average Bonchev–Trinajstić information content (AvgIpc) is 2.62. The third kappa shape index (κ3) is 5.57. The van der Waals surface area contributed by atoms with Crippen molar-refractivity contribution in [2.45, 2.75) is 19.4 Å². The van der Waals surface area contributed by atoms with E-state index in [0.29, 0.717) is 13.0 Å². The van der Waals surface area contributed by atoms with Crippen molar-refractivity contribution in [3.8, 4) is 5.75 Å². The number of ether oxygens (including phenoxy) is 1. The Labute approximate surface area is 148 Å². The molecule has 0 spiro atoms. The van der Waals surface area contributed by atoms with E-state index in [1.54, 1.807) is 19.2 Å². The Bertz CT molecular complexity index is 688. The molecule has 4 nitrogen and oxygen atoms in total. The molecule has 0 heterocycles. The largest absolute Gasteiger partial charge is 0.496 e. The summed E-state index contributed by atoms with van der Waals surface area (Å²) in [5, 5.41) is 2.93. The van der Waals surface area contributed by atoms with Crippen molar-refractivity contribution in [2.75, 3.05) is 27.2 Å². The molecule has 0 aliphatic rings. The number of benzene rings is 2. The molecular formula is C20H25FN2O2. The van der Waals surface area contributed by atoms with Crippen LogP contribution in [-0.4, -0.2) is 38.1 Å². The van der Waals surface area contributed by atoms with E-state index in [0.717, 1.165) is 16.9 Å². The molecule has 0 saturated carbocycles. The van der Waals surface area contributed by atoms with Crippen molar-refractivity contribution in [3.05, 3.63) is 65.5 Å². The maximum absolute atomic E-state index is 13.0. The van der Waals surface area contributed by atoms with Gasteiger partial charge in [-0.15, -0.1) is 0 Å². The third-order valence-corrected chi connectivity index (χ3v) is 4.32. The van der Waals surface area contributed by atoms with Gasteiger partial charge in [-0.25, -0.2) is 4.39 Å². The van der Waals surface area contributed by atoms with E-state index >= 15 is 0 Å². The summed E-state index contributed by atoms with van der Waals surface area (Å²) in [6.45, 7) is 2.83. The molecule has 0 aliphatic heterocycles. The summed E-state index contributed by atoms with van der Waals surface area (Å²) in [6, 6.07) is 14.2. The Morgan fingerprint density at radius 2 is 1.88 bits per heavy atom. The monoisotopic (exact) mass is 344 g/mol. The number of methoxy groups -OCH3 is 1. The van der Waals surface area contributed by atoms with Gasteiger partial charge in [-0.3, -0.25) is 9.69 Å². The van der Waals surface area contributed by atoms with Crippen LogP contribution in [0.3, 0.4) is 0 Å². The van der Waals surface area contributed by atoms with Crippen LogP contribution in [0.2, 0.25) is 0 Å². The van der Waals surface area contributed by atoms with Crippen LogP contribution in [0.4, 0.5) is 4.39 Å². The minimum absolute atomic E-state index is 0.0283. The molecule has 0 bridgehead atoms. The number of hydrogen-bond acceptors (Lipinski definition) is 3. The zero-order valence-corrected chi connectivity index (χ0v) is 15.0. The van der Waals surface area contributed by atoms with Crippen molar-refractivity contribution < 1.29 is 13.9 Å². The molecule has 1 amide bonds. The summed E-state index contributed by atoms with van der Waals surface area (Å²) in [5.74, 6) is 0.540. The third-order valence-electron chi connectivity index (χ3n) is 4.32. The first-order chi connectivity index (χ1) is 12.0. The molecular weight excluding hydrogens is 319 g/mol. The Morgan fingerprint density at radius 1 is 1.20 bits per heavy atom. The quantitative estimate of drug-likeness (QED) is 0.800. The normalized spacial score (nSPS) is 12.0. The van der Waals surface area contributed by atoms with Crippen molar-refractivity contribution in [3.63, 3.8) is 0 Å². The van der Waals surface area contributed by atoms with E-state index in [1.165, 1.54) is 12.1 Å². The lowest BCUT2D eigenvalue weighted by atomic mass is 10.1. The molecule has 0 fully saturated rings. The number of amides is 1. The zero-order valence-electron chi connectivity index (χ0n) is 15.0. The van der Waals surface area contributed by atoms with Gasteiger partial charge in [0.1, 0.15) is 11.6 Å². The summed E-state index contributed by atoms with van der Waals surface area (Å²) in [5.41, 5.74) is 2.05. The van der Waals surface area contributed by atoms with Crippen molar-refractivity contribution in [2.24, 2.45) is 0 Å². The Morgan fingerprint density at radius 3 is 2.56 bits per heavy atom. The number of nitrogens with zero attached hydrogens (tertiary/aromatic N) is 1. The number of nitrogens with one attached hydrogen (secondary N) is 1. The lowest BCUT2D eigenvalue weighted by molar-refractivity contribution is -0.122. The fraction of sp³-hybridized carbons (Fsp3) is 0.350. The highest BCUT2D eigenvalue weighted by Crippen LogP contribution is 2.19. The van der Waals surface area contributed by atoms with Crippen LogP contribution in [0, 0.1) is 5.82 Å². The summed E-state index contributed by atoms with van der Waals surface area (Å²) >= 11 is 0. The molecule has 1 atom stereocenters. The Hall–Kier alpha value is -2.40. The predicted molar refractivity (Wildman–Crippen MR) is 97.2 cm³/mol. The maximum atomic E-state index is 13.0. The molecule has 2 aromatic rings. The fourth-order valence-electron chi connectivity index (χ4n) is 2.66. The summed E-state index contributed by atoms with van der Waals surface area (Å²) in [4.78, 5) is 14.1. The van der Waals surface area contributed by atoms with Gasteiger partial charge in [-0.2, -0.15) is 0 Å². The topological polar surface area (TPSA) is 41.6 Å². The first kappa shape index (κ1) is 18.9. The van der Waals surface area contributed by atoms with Crippen molar-refractivity contribution in [1.82, 2.24) is 10.2 Å². The van der Waals surface area contributed by atoms with Crippen molar-refractivity contribution in [1.29, 1.82) is 0 Å². The lowest BCUT2D eigenvalue weighted by Crippen LogP contribution is -2.37. The van der Waals surface area contributed by atoms with Crippen LogP contribution >= 0.6 is 0 Å². The van der Waals surface area contributed by atoms with Crippen LogP contribution in [0.5, 0.6) is 5.75 Å². The van der Waals surface area contributed by atoms with E-state index < -0.39 is 0 Å². The van der Waals surface area contributed by atoms with Gasteiger partial charge < -0.3 is 10.1 Å². The van der Waals surface area contributed by atoms with E-state index in [1.807, 2.05) is 43.1 Å². The standard InChI is InChI=1S/C20H25FN2O2/c1-15(16-8-10-18(21)11-9-16)23(2)14-20(24)22-13-12-17-6-4-5-7-19(17)25-3/h4-11,15H,12-14H2,1-3H3,(H,22,24). The van der Waals surface area contributed by atoms with E-state index in [2.05, 4.69) is 5.32 Å². The average molecular weight is 344 g/mol. The van der Waals surface area contributed by atoms with Crippen LogP contribution < -0.4 is 10.1 Å². The molecule has 2 aromatic carbocycles. The first-order valence-electron chi connectivity index (χ1n) is 8.35. The highest BCUT2D eigenvalue weighted by atomic mass is 19.1. The van der Waals surface area contributed by atoms with Gasteiger partial charge in [-0.05, 0) is 49.7 Å². The number of hydrogen-bond donors (Lipinski definition) is 1. The van der Waals surface area contributed by atoms with Gasteiger partial charge in [0.15, 0.2) is 0 Å². The van der Waals surface area contributed by atoms with Crippen LogP contribution in [0.25, 0.3) is 0 Å². The molecule has 0 saturated heterocycles. The summed E-state index contributed by atoms with van der Waals surface area (Å²) in [6.07, 6.45) is 0.715. The number of halogens is 1. The number of rotatable bonds is 8. The van der Waals surface area contributed by atoms with Gasteiger partial charge in [-0.1, -0.05) is 30.3 Å². The number of para-hydroxylation sites is 1. The second-order valence-corrected chi connectivity index (χ2v) is 6.05. The van der Waals surface area contributed by atoms with Crippen molar-refractivity contribution >= 4 is 5.91 Å². The van der Waals surface area contributed by atoms with E-state index in [9.17, 15) is 9.18 Å². The molecule has 1 unspecified atom stereocenters. The molecule has 0 aliphatic carbocycles. The minimum Gasteiger partial charge on any atom is -0.496 e. The molecule has 25 heavy (non-hydrogen) atoms. The SMILES string of the molecule is COc1ccccc1CCNC(=O)CN(C)C(C)c1ccc(F)cc1. The fourth-order valence-corrected chi connectivity index (χ4v) is 2.66. The summed E-state index contributed by atoms with van der Waals surface area (Å²) < 4.78 is 18.3. The molecule has 0 radical (unpaired) electrons. The van der Waals surface area contributed by atoms with Crippen LogP contribution in [-0.2, 0) is 11.2 Å². The van der Waals surface area contributed by atoms with Gasteiger partial charge in [0.05, 0.1) is 13.7 Å². The molecule has 0 aromatic heterocycles. The minimum atomic E-state index is -0.257. The highest BCUT2D eigenvalue weighted by Gasteiger charge is 2.15. The van der Waals surface area contributed by atoms with Gasteiger partial charge in [0.25, 0.3) is 0 Å². The number of likely N-dealkylation sites (N-methyl/N-ethyl adjacent to an activating group) is 1. The van der Waals surface area contributed by atoms with Gasteiger partial charge >= 0.3 is 0 Å². The Balaban J connectivity index is 1.80. The highest BCUT2D eigenvalue weighted by molar-refractivity contribution is 5.78. The van der Waals surface area contributed by atoms with Crippen LogP contribution in [0.1, 0.15) is 24.1 Å².